The molecule has 0 radical (unpaired) electrons. The molecule has 1 aromatic heterocycles. The van der Waals surface area contributed by atoms with E-state index in [9.17, 15) is 13.2 Å². The lowest BCUT2D eigenvalue weighted by molar-refractivity contribution is -0.143. The van der Waals surface area contributed by atoms with Gasteiger partial charge < -0.3 is 9.15 Å². The van der Waals surface area contributed by atoms with Crippen LogP contribution < -0.4 is 4.72 Å². The maximum absolute atomic E-state index is 12.9. The summed E-state index contributed by atoms with van der Waals surface area (Å²) in [5, 5.41) is 1.82. The zero-order valence-electron chi connectivity index (χ0n) is 17.3. The topological polar surface area (TPSA) is 85.6 Å². The maximum atomic E-state index is 12.9. The van der Waals surface area contributed by atoms with Crippen molar-refractivity contribution in [2.45, 2.75) is 44.0 Å². The third-order valence-electron chi connectivity index (χ3n) is 5.57. The van der Waals surface area contributed by atoms with Crippen molar-refractivity contribution in [3.05, 3.63) is 48.0 Å². The molecule has 0 saturated heterocycles. The summed E-state index contributed by atoms with van der Waals surface area (Å²) in [5.41, 5.74) is 3.73. The van der Waals surface area contributed by atoms with Gasteiger partial charge in [0.25, 0.3) is 0 Å². The number of sulfonamides is 1. The molecule has 30 heavy (non-hydrogen) atoms. The van der Waals surface area contributed by atoms with Crippen LogP contribution in [0.5, 0.6) is 0 Å². The normalized spacial score (nSPS) is 15.7. The predicted octanol–water partition coefficient (Wildman–Crippen LogP) is 4.63. The molecule has 0 spiro atoms. The highest BCUT2D eigenvalue weighted by Crippen LogP contribution is 2.35. The van der Waals surface area contributed by atoms with Gasteiger partial charge in [-0.05, 0) is 60.6 Å². The number of esters is 1. The van der Waals surface area contributed by atoms with Crippen LogP contribution in [-0.4, -0.2) is 27.5 Å². The van der Waals surface area contributed by atoms with Gasteiger partial charge in [0.05, 0.1) is 12.0 Å². The van der Waals surface area contributed by atoms with Crippen molar-refractivity contribution >= 4 is 43.5 Å². The number of hydrogen-bond donors (Lipinski definition) is 1. The van der Waals surface area contributed by atoms with Crippen LogP contribution in [0, 0.1) is 5.92 Å². The average Bonchev–Trinajstić information content (AvgIpc) is 3.38. The summed E-state index contributed by atoms with van der Waals surface area (Å²) in [6.07, 6.45) is 5.63. The van der Waals surface area contributed by atoms with E-state index < -0.39 is 22.0 Å². The van der Waals surface area contributed by atoms with Crippen LogP contribution in [0.3, 0.4) is 0 Å². The molecule has 0 aliphatic heterocycles. The Morgan fingerprint density at radius 2 is 1.90 bits per heavy atom. The molecule has 1 aliphatic rings. The number of carbonyl (C=O) groups is 1. The summed E-state index contributed by atoms with van der Waals surface area (Å²) in [7, 11) is -2.69. The van der Waals surface area contributed by atoms with E-state index in [1.54, 1.807) is 19.9 Å². The monoisotopic (exact) mass is 427 g/mol. The highest BCUT2D eigenvalue weighted by Gasteiger charge is 2.29. The first-order chi connectivity index (χ1) is 14.3. The number of rotatable bonds is 6. The highest BCUT2D eigenvalue weighted by atomic mass is 32.2. The first kappa shape index (κ1) is 20.6. The Balaban J connectivity index is 1.72. The van der Waals surface area contributed by atoms with Crippen molar-refractivity contribution in [1.29, 1.82) is 0 Å². The van der Waals surface area contributed by atoms with Crippen molar-refractivity contribution in [2.75, 3.05) is 7.11 Å². The number of carbonyl (C=O) groups excluding carboxylic acids is 1. The molecule has 6 nitrogen and oxygen atoms in total. The van der Waals surface area contributed by atoms with Gasteiger partial charge in [-0.1, -0.05) is 26.0 Å². The number of nitrogens with one attached hydrogen (secondary N) is 1. The summed E-state index contributed by atoms with van der Waals surface area (Å²) < 4.78 is 38.9. The van der Waals surface area contributed by atoms with Crippen LogP contribution in [0.4, 0.5) is 0 Å². The maximum Gasteiger partial charge on any atom is 0.324 e. The van der Waals surface area contributed by atoms with Gasteiger partial charge in [-0.25, -0.2) is 8.42 Å². The molecule has 158 valence electrons. The molecule has 1 atom stereocenters. The van der Waals surface area contributed by atoms with Gasteiger partial charge in [0.2, 0.25) is 10.0 Å². The van der Waals surface area contributed by atoms with Crippen LogP contribution >= 0.6 is 0 Å². The predicted molar refractivity (Wildman–Crippen MR) is 117 cm³/mol. The third-order valence-corrected chi connectivity index (χ3v) is 7.01. The molecular formula is C23H25NO5S. The van der Waals surface area contributed by atoms with Crippen LogP contribution in [0.2, 0.25) is 0 Å². The van der Waals surface area contributed by atoms with Crippen molar-refractivity contribution < 1.29 is 22.4 Å². The van der Waals surface area contributed by atoms with Gasteiger partial charge in [-0.3, -0.25) is 4.79 Å². The van der Waals surface area contributed by atoms with E-state index in [2.05, 4.69) is 16.9 Å². The minimum atomic E-state index is -3.93. The lowest BCUT2D eigenvalue weighted by atomic mass is 10.0. The molecule has 1 N–H and O–H groups in total. The van der Waals surface area contributed by atoms with Gasteiger partial charge in [0.15, 0.2) is 0 Å². The summed E-state index contributed by atoms with van der Waals surface area (Å²) in [5.74, 6) is -0.877. The fourth-order valence-corrected chi connectivity index (χ4v) is 5.22. The van der Waals surface area contributed by atoms with E-state index in [1.807, 2.05) is 12.1 Å². The molecule has 1 heterocycles. The third kappa shape index (κ3) is 3.75. The first-order valence-electron chi connectivity index (χ1n) is 10.1. The zero-order valence-corrected chi connectivity index (χ0v) is 18.1. The Kier molecular flexibility index (Phi) is 5.42. The molecule has 0 fully saturated rings. The Morgan fingerprint density at radius 1 is 1.10 bits per heavy atom. The smallest absolute Gasteiger partial charge is 0.324 e. The molecule has 7 heteroatoms. The van der Waals surface area contributed by atoms with E-state index in [0.717, 1.165) is 23.6 Å². The highest BCUT2D eigenvalue weighted by molar-refractivity contribution is 7.89. The van der Waals surface area contributed by atoms with E-state index in [-0.39, 0.29) is 10.8 Å². The van der Waals surface area contributed by atoms with E-state index >= 15 is 0 Å². The van der Waals surface area contributed by atoms with Crippen LogP contribution in [0.25, 0.3) is 27.5 Å². The van der Waals surface area contributed by atoms with Crippen LogP contribution in [-0.2, 0) is 19.6 Å². The second-order valence-corrected chi connectivity index (χ2v) is 9.67. The standard InChI is InChI=1S/C23H25NO5S/c1-14(2)22(23(25)28-3)24-30(26,27)17-9-10-18-19-12-16(15-6-4-5-7-15)8-11-20(19)29-21(18)13-17/h6,8-14,22,24H,4-5,7H2,1-3H3/t22-/m0/s1. The lowest BCUT2D eigenvalue weighted by Crippen LogP contribution is -2.44. The summed E-state index contributed by atoms with van der Waals surface area (Å²) in [4.78, 5) is 12.0. The fourth-order valence-electron chi connectivity index (χ4n) is 3.88. The summed E-state index contributed by atoms with van der Waals surface area (Å²) in [6.45, 7) is 3.51. The van der Waals surface area contributed by atoms with Gasteiger partial charge in [0, 0.05) is 16.8 Å². The summed E-state index contributed by atoms with van der Waals surface area (Å²) >= 11 is 0. The van der Waals surface area contributed by atoms with Crippen LogP contribution in [0.15, 0.2) is 51.8 Å². The number of ether oxygens (including phenoxy) is 1. The van der Waals surface area contributed by atoms with Crippen LogP contribution in [0.1, 0.15) is 38.7 Å². The quantitative estimate of drug-likeness (QED) is 0.580. The Bertz CT molecular complexity index is 1250. The molecule has 2 aromatic carbocycles. The van der Waals surface area contributed by atoms with Gasteiger partial charge in [0.1, 0.15) is 17.2 Å². The molecule has 4 rings (SSSR count). The molecule has 0 bridgehead atoms. The Labute approximate surface area is 175 Å². The first-order valence-corrected chi connectivity index (χ1v) is 11.5. The van der Waals surface area contributed by atoms with Gasteiger partial charge >= 0.3 is 5.97 Å². The number of furan rings is 1. The Hall–Kier alpha value is -2.64. The largest absolute Gasteiger partial charge is 0.468 e. The molecular weight excluding hydrogens is 402 g/mol. The number of allylic oxidation sites excluding steroid dienone is 2. The fraction of sp³-hybridized carbons (Fsp3) is 0.348. The number of hydrogen-bond acceptors (Lipinski definition) is 5. The average molecular weight is 428 g/mol. The minimum Gasteiger partial charge on any atom is -0.468 e. The van der Waals surface area contributed by atoms with E-state index in [1.165, 1.54) is 36.8 Å². The number of fused-ring (bicyclic) bond motifs is 3. The SMILES string of the molecule is COC(=O)[C@@H](NS(=O)(=O)c1ccc2c(c1)oc1ccc(C3=CCCC3)cc12)C(C)C. The second-order valence-electron chi connectivity index (χ2n) is 7.96. The zero-order chi connectivity index (χ0) is 21.5. The van der Waals surface area contributed by atoms with E-state index in [4.69, 9.17) is 9.15 Å². The number of methoxy groups -OCH3 is 1. The van der Waals surface area contributed by atoms with Gasteiger partial charge in [-0.15, -0.1) is 0 Å². The molecule has 0 unspecified atom stereocenters. The second kappa shape index (κ2) is 7.89. The minimum absolute atomic E-state index is 0.0438. The molecule has 0 amide bonds. The lowest BCUT2D eigenvalue weighted by Gasteiger charge is -2.19. The Morgan fingerprint density at radius 3 is 2.57 bits per heavy atom. The van der Waals surface area contributed by atoms with Crippen molar-refractivity contribution in [3.8, 4) is 0 Å². The van der Waals surface area contributed by atoms with Crippen molar-refractivity contribution in [1.82, 2.24) is 4.72 Å². The van der Waals surface area contributed by atoms with Gasteiger partial charge in [-0.2, -0.15) is 4.72 Å². The van der Waals surface area contributed by atoms with E-state index in [0.29, 0.717) is 11.2 Å². The van der Waals surface area contributed by atoms with Crippen molar-refractivity contribution in [2.24, 2.45) is 5.92 Å². The molecule has 3 aromatic rings. The number of benzene rings is 2. The van der Waals surface area contributed by atoms with Crippen molar-refractivity contribution in [3.63, 3.8) is 0 Å². The molecule has 1 aliphatic carbocycles. The summed E-state index contributed by atoms with van der Waals surface area (Å²) in [6, 6.07) is 9.92. The molecule has 0 saturated carbocycles.